The van der Waals surface area contributed by atoms with Gasteiger partial charge in [0.05, 0.1) is 6.20 Å². The summed E-state index contributed by atoms with van der Waals surface area (Å²) in [5, 5.41) is 7.64. The fraction of sp³-hybridized carbons (Fsp3) is 0.778. The minimum absolute atomic E-state index is 0. The molecule has 1 aromatic rings. The summed E-state index contributed by atoms with van der Waals surface area (Å²) in [4.78, 5) is 9.57. The first-order valence-corrected chi connectivity index (χ1v) is 9.31. The Bertz CT molecular complexity index is 507. The Hall–Kier alpha value is -0.830. The van der Waals surface area contributed by atoms with Gasteiger partial charge in [0.2, 0.25) is 0 Å². The Balaban J connectivity index is 0.00000312. The number of aliphatic imine (C=N–C) groups is 1. The number of hydrogen-bond acceptors (Lipinski definition) is 3. The zero-order valence-corrected chi connectivity index (χ0v) is 18.6. The first-order chi connectivity index (χ1) is 11.6. The van der Waals surface area contributed by atoms with Crippen LogP contribution in [0, 0.1) is 5.92 Å². The first kappa shape index (κ1) is 22.2. The number of rotatable bonds is 7. The highest BCUT2D eigenvalue weighted by molar-refractivity contribution is 14.0. The second kappa shape index (κ2) is 11.7. The summed E-state index contributed by atoms with van der Waals surface area (Å²) in [6.45, 7) is 10.7. The number of aryl methyl sites for hydroxylation is 1. The smallest absolute Gasteiger partial charge is 0.193 e. The molecule has 0 spiro atoms. The fourth-order valence-electron chi connectivity index (χ4n) is 3.32. The molecule has 7 heteroatoms. The third kappa shape index (κ3) is 7.52. The van der Waals surface area contributed by atoms with Crippen LogP contribution in [0.2, 0.25) is 0 Å². The van der Waals surface area contributed by atoms with Gasteiger partial charge in [-0.3, -0.25) is 9.67 Å². The van der Waals surface area contributed by atoms with Crippen molar-refractivity contribution >= 4 is 29.9 Å². The number of nitrogens with zero attached hydrogens (tertiary/aromatic N) is 5. The van der Waals surface area contributed by atoms with Crippen LogP contribution < -0.4 is 5.32 Å². The van der Waals surface area contributed by atoms with Gasteiger partial charge in [-0.1, -0.05) is 6.92 Å². The maximum absolute atomic E-state index is 4.84. The van der Waals surface area contributed by atoms with Crippen LogP contribution in [0.3, 0.4) is 0 Å². The molecule has 0 radical (unpaired) electrons. The number of aromatic nitrogens is 2. The Morgan fingerprint density at radius 2 is 2.08 bits per heavy atom. The van der Waals surface area contributed by atoms with Crippen LogP contribution in [0.1, 0.15) is 38.7 Å². The van der Waals surface area contributed by atoms with Crippen molar-refractivity contribution < 1.29 is 0 Å². The second-order valence-electron chi connectivity index (χ2n) is 6.78. The van der Waals surface area contributed by atoms with Crippen molar-refractivity contribution in [3.8, 4) is 0 Å². The van der Waals surface area contributed by atoms with Gasteiger partial charge in [-0.25, -0.2) is 0 Å². The van der Waals surface area contributed by atoms with Crippen LogP contribution >= 0.6 is 24.0 Å². The standard InChI is InChI=1S/C18H34N6.HI/c1-5-19-18(22(3)14-17-13-21-23(4)15-17)20-10-7-16-8-11-24(6-2)12-9-16;/h13,15-16H,5-12,14H2,1-4H3,(H,19,20);1H. The number of nitrogens with one attached hydrogen (secondary N) is 1. The summed E-state index contributed by atoms with van der Waals surface area (Å²) >= 11 is 0. The lowest BCUT2D eigenvalue weighted by Gasteiger charge is -2.30. The predicted molar refractivity (Wildman–Crippen MR) is 116 cm³/mol. The van der Waals surface area contributed by atoms with Gasteiger partial charge in [-0.05, 0) is 51.7 Å². The third-order valence-corrected chi connectivity index (χ3v) is 4.83. The van der Waals surface area contributed by atoms with E-state index in [4.69, 9.17) is 4.99 Å². The van der Waals surface area contributed by atoms with E-state index < -0.39 is 0 Å². The topological polar surface area (TPSA) is 48.7 Å². The average molecular weight is 462 g/mol. The largest absolute Gasteiger partial charge is 0.357 e. The van der Waals surface area contributed by atoms with E-state index in [0.717, 1.165) is 31.5 Å². The summed E-state index contributed by atoms with van der Waals surface area (Å²) in [5.74, 6) is 1.83. The molecule has 2 heterocycles. The van der Waals surface area contributed by atoms with E-state index in [1.807, 2.05) is 17.9 Å². The molecule has 1 saturated heterocycles. The Labute approximate surface area is 170 Å². The Morgan fingerprint density at radius 1 is 1.36 bits per heavy atom. The van der Waals surface area contributed by atoms with E-state index >= 15 is 0 Å². The first-order valence-electron chi connectivity index (χ1n) is 9.31. The summed E-state index contributed by atoms with van der Waals surface area (Å²) in [7, 11) is 4.04. The summed E-state index contributed by atoms with van der Waals surface area (Å²) in [6.07, 6.45) is 7.83. The van der Waals surface area contributed by atoms with Gasteiger partial charge >= 0.3 is 0 Å². The van der Waals surface area contributed by atoms with Crippen LogP contribution in [-0.2, 0) is 13.6 Å². The molecule has 1 aliphatic rings. The summed E-state index contributed by atoms with van der Waals surface area (Å²) in [6, 6.07) is 0. The molecule has 1 N–H and O–H groups in total. The van der Waals surface area contributed by atoms with Crippen molar-refractivity contribution in [1.29, 1.82) is 0 Å². The van der Waals surface area contributed by atoms with Crippen molar-refractivity contribution in [3.05, 3.63) is 18.0 Å². The molecule has 2 rings (SSSR count). The normalized spacial score (nSPS) is 16.6. The number of likely N-dealkylation sites (tertiary alicyclic amines) is 1. The molecule has 0 amide bonds. The quantitative estimate of drug-likeness (QED) is 0.385. The molecule has 25 heavy (non-hydrogen) atoms. The number of piperidine rings is 1. The highest BCUT2D eigenvalue weighted by Crippen LogP contribution is 2.20. The third-order valence-electron chi connectivity index (χ3n) is 4.83. The minimum Gasteiger partial charge on any atom is -0.357 e. The summed E-state index contributed by atoms with van der Waals surface area (Å²) in [5.41, 5.74) is 1.21. The average Bonchev–Trinajstić information content (AvgIpc) is 2.99. The van der Waals surface area contributed by atoms with E-state index in [9.17, 15) is 0 Å². The Morgan fingerprint density at radius 3 is 2.64 bits per heavy atom. The van der Waals surface area contributed by atoms with Crippen molar-refractivity contribution in [2.24, 2.45) is 18.0 Å². The van der Waals surface area contributed by atoms with E-state index in [1.165, 1.54) is 44.5 Å². The lowest BCUT2D eigenvalue weighted by atomic mass is 9.94. The number of halogens is 1. The van der Waals surface area contributed by atoms with Gasteiger partial charge in [0.15, 0.2) is 5.96 Å². The number of hydrogen-bond donors (Lipinski definition) is 1. The van der Waals surface area contributed by atoms with Gasteiger partial charge in [0, 0.05) is 45.5 Å². The summed E-state index contributed by atoms with van der Waals surface area (Å²) < 4.78 is 1.84. The van der Waals surface area contributed by atoms with Gasteiger partial charge in [0.1, 0.15) is 0 Å². The molecule has 0 saturated carbocycles. The van der Waals surface area contributed by atoms with Gasteiger partial charge in [0.25, 0.3) is 0 Å². The molecule has 1 aromatic heterocycles. The van der Waals surface area contributed by atoms with E-state index in [0.29, 0.717) is 0 Å². The van der Waals surface area contributed by atoms with Gasteiger partial charge in [-0.15, -0.1) is 24.0 Å². The maximum Gasteiger partial charge on any atom is 0.193 e. The minimum atomic E-state index is 0. The van der Waals surface area contributed by atoms with Crippen LogP contribution in [0.4, 0.5) is 0 Å². The molecular formula is C18H35IN6. The highest BCUT2D eigenvalue weighted by Gasteiger charge is 2.17. The predicted octanol–water partition coefficient (Wildman–Crippen LogP) is 2.56. The molecule has 0 aromatic carbocycles. The molecular weight excluding hydrogens is 427 g/mol. The van der Waals surface area contributed by atoms with E-state index in [2.05, 4.69) is 47.3 Å². The molecule has 0 atom stereocenters. The number of guanidine groups is 1. The monoisotopic (exact) mass is 462 g/mol. The van der Waals surface area contributed by atoms with E-state index in [1.54, 1.807) is 0 Å². The zero-order chi connectivity index (χ0) is 17.4. The van der Waals surface area contributed by atoms with Crippen LogP contribution in [-0.4, -0.2) is 65.3 Å². The van der Waals surface area contributed by atoms with Crippen molar-refractivity contribution in [3.63, 3.8) is 0 Å². The molecule has 0 bridgehead atoms. The van der Waals surface area contributed by atoms with Crippen molar-refractivity contribution in [2.45, 2.75) is 39.7 Å². The lowest BCUT2D eigenvalue weighted by molar-refractivity contribution is 0.188. The molecule has 1 aliphatic heterocycles. The van der Waals surface area contributed by atoms with Crippen LogP contribution in [0.25, 0.3) is 0 Å². The SMILES string of the molecule is CCNC(=NCCC1CCN(CC)CC1)N(C)Cc1cnn(C)c1.I. The lowest BCUT2D eigenvalue weighted by Crippen LogP contribution is -2.38. The van der Waals surface area contributed by atoms with Crippen molar-refractivity contribution in [2.75, 3.05) is 39.8 Å². The van der Waals surface area contributed by atoms with Crippen molar-refractivity contribution in [1.82, 2.24) is 24.9 Å². The zero-order valence-electron chi connectivity index (χ0n) is 16.2. The molecule has 0 unspecified atom stereocenters. The maximum atomic E-state index is 4.84. The fourth-order valence-corrected chi connectivity index (χ4v) is 3.32. The molecule has 1 fully saturated rings. The molecule has 0 aliphatic carbocycles. The van der Waals surface area contributed by atoms with Gasteiger partial charge < -0.3 is 15.1 Å². The van der Waals surface area contributed by atoms with Crippen LogP contribution in [0.5, 0.6) is 0 Å². The highest BCUT2D eigenvalue weighted by atomic mass is 127. The van der Waals surface area contributed by atoms with Crippen LogP contribution in [0.15, 0.2) is 17.4 Å². The molecule has 144 valence electrons. The second-order valence-corrected chi connectivity index (χ2v) is 6.78. The van der Waals surface area contributed by atoms with Gasteiger partial charge in [-0.2, -0.15) is 5.10 Å². The Kier molecular flexibility index (Phi) is 10.4. The molecule has 6 nitrogen and oxygen atoms in total. The van der Waals surface area contributed by atoms with E-state index in [-0.39, 0.29) is 24.0 Å².